The number of ether oxygens (including phenoxy) is 1. The summed E-state index contributed by atoms with van der Waals surface area (Å²) in [6.45, 7) is 11.8. The lowest BCUT2D eigenvalue weighted by Gasteiger charge is -2.19. The van der Waals surface area contributed by atoms with Gasteiger partial charge in [-0.3, -0.25) is 0 Å². The standard InChI is InChI=1S/C19H30O/c1-16(2)20-14-9-7-6-8-11-17-12-10-13-18(15-17)19(3,4)5/h8,10-13,15-16H,6-7,9,14H2,1-5H3/b11-8+. The second-order valence-electron chi connectivity index (χ2n) is 6.69. The fourth-order valence-corrected chi connectivity index (χ4v) is 2.01. The molecule has 0 saturated carbocycles. The number of allylic oxidation sites excluding steroid dienone is 1. The second kappa shape index (κ2) is 8.26. The molecule has 1 aromatic rings. The van der Waals surface area contributed by atoms with Crippen molar-refractivity contribution >= 4 is 6.08 Å². The fourth-order valence-electron chi connectivity index (χ4n) is 2.01. The smallest absolute Gasteiger partial charge is 0.0518 e. The summed E-state index contributed by atoms with van der Waals surface area (Å²) < 4.78 is 5.54. The Morgan fingerprint density at radius 2 is 1.90 bits per heavy atom. The summed E-state index contributed by atoms with van der Waals surface area (Å²) in [4.78, 5) is 0. The van der Waals surface area contributed by atoms with E-state index < -0.39 is 0 Å². The monoisotopic (exact) mass is 274 g/mol. The van der Waals surface area contributed by atoms with Crippen molar-refractivity contribution in [3.63, 3.8) is 0 Å². The van der Waals surface area contributed by atoms with E-state index in [1.165, 1.54) is 17.5 Å². The molecule has 0 N–H and O–H groups in total. The maximum absolute atomic E-state index is 5.54. The van der Waals surface area contributed by atoms with Crippen LogP contribution in [0.4, 0.5) is 0 Å². The molecular weight excluding hydrogens is 244 g/mol. The van der Waals surface area contributed by atoms with Crippen molar-refractivity contribution in [3.05, 3.63) is 41.5 Å². The van der Waals surface area contributed by atoms with Crippen molar-refractivity contribution in [1.82, 2.24) is 0 Å². The Morgan fingerprint density at radius 1 is 1.15 bits per heavy atom. The quantitative estimate of drug-likeness (QED) is 0.589. The first-order chi connectivity index (χ1) is 9.39. The number of benzene rings is 1. The zero-order valence-electron chi connectivity index (χ0n) is 13.8. The highest BCUT2D eigenvalue weighted by Gasteiger charge is 2.12. The highest BCUT2D eigenvalue weighted by Crippen LogP contribution is 2.23. The first-order valence-electron chi connectivity index (χ1n) is 7.78. The number of rotatable bonds is 7. The highest BCUT2D eigenvalue weighted by atomic mass is 16.5. The largest absolute Gasteiger partial charge is 0.379 e. The Labute approximate surface area is 125 Å². The maximum atomic E-state index is 5.54. The van der Waals surface area contributed by atoms with Crippen LogP contribution in [-0.4, -0.2) is 12.7 Å². The summed E-state index contributed by atoms with van der Waals surface area (Å²) in [6, 6.07) is 8.82. The van der Waals surface area contributed by atoms with Crippen molar-refractivity contribution in [2.45, 2.75) is 65.4 Å². The zero-order chi connectivity index (χ0) is 15.0. The van der Waals surface area contributed by atoms with Gasteiger partial charge >= 0.3 is 0 Å². The van der Waals surface area contributed by atoms with Crippen LogP contribution >= 0.6 is 0 Å². The van der Waals surface area contributed by atoms with E-state index in [9.17, 15) is 0 Å². The topological polar surface area (TPSA) is 9.23 Å². The third-order valence-corrected chi connectivity index (χ3v) is 3.28. The van der Waals surface area contributed by atoms with Crippen LogP contribution < -0.4 is 0 Å². The SMILES string of the molecule is CC(C)OCCCC/C=C/c1cccc(C(C)(C)C)c1. The second-order valence-corrected chi connectivity index (χ2v) is 6.69. The summed E-state index contributed by atoms with van der Waals surface area (Å²) in [5.74, 6) is 0. The molecule has 1 heteroatoms. The van der Waals surface area contributed by atoms with Crippen molar-refractivity contribution in [3.8, 4) is 0 Å². The minimum absolute atomic E-state index is 0.220. The Kier molecular flexibility index (Phi) is 7.01. The third kappa shape index (κ3) is 6.91. The van der Waals surface area contributed by atoms with E-state index in [0.29, 0.717) is 6.10 Å². The number of hydrogen-bond acceptors (Lipinski definition) is 1. The molecule has 0 aromatic heterocycles. The van der Waals surface area contributed by atoms with Gasteiger partial charge in [-0.05, 0) is 49.7 Å². The van der Waals surface area contributed by atoms with E-state index in [4.69, 9.17) is 4.74 Å². The summed E-state index contributed by atoms with van der Waals surface area (Å²) in [6.07, 6.45) is 8.33. The van der Waals surface area contributed by atoms with Crippen molar-refractivity contribution in [1.29, 1.82) is 0 Å². The minimum atomic E-state index is 0.220. The fraction of sp³-hybridized carbons (Fsp3) is 0.579. The predicted molar refractivity (Wildman–Crippen MR) is 89.1 cm³/mol. The Morgan fingerprint density at radius 3 is 2.55 bits per heavy atom. The molecule has 20 heavy (non-hydrogen) atoms. The highest BCUT2D eigenvalue weighted by molar-refractivity contribution is 5.51. The molecule has 0 fully saturated rings. The molecule has 0 amide bonds. The van der Waals surface area contributed by atoms with E-state index in [0.717, 1.165) is 19.4 Å². The van der Waals surface area contributed by atoms with E-state index in [-0.39, 0.29) is 5.41 Å². The molecule has 0 heterocycles. The maximum Gasteiger partial charge on any atom is 0.0518 e. The molecule has 0 saturated heterocycles. The van der Waals surface area contributed by atoms with E-state index in [1.807, 2.05) is 0 Å². The molecule has 1 aromatic carbocycles. The van der Waals surface area contributed by atoms with Gasteiger partial charge in [0.1, 0.15) is 0 Å². The van der Waals surface area contributed by atoms with Crippen LogP contribution in [0, 0.1) is 0 Å². The van der Waals surface area contributed by atoms with Gasteiger partial charge in [0.25, 0.3) is 0 Å². The van der Waals surface area contributed by atoms with Crippen LogP contribution in [0.2, 0.25) is 0 Å². The van der Waals surface area contributed by atoms with Gasteiger partial charge in [-0.25, -0.2) is 0 Å². The van der Waals surface area contributed by atoms with Crippen LogP contribution in [-0.2, 0) is 10.2 Å². The van der Waals surface area contributed by atoms with Crippen LogP contribution in [0.3, 0.4) is 0 Å². The number of hydrogen-bond donors (Lipinski definition) is 0. The molecule has 0 aliphatic carbocycles. The molecule has 0 unspecified atom stereocenters. The minimum Gasteiger partial charge on any atom is -0.379 e. The molecular formula is C19H30O. The first kappa shape index (κ1) is 17.0. The molecule has 112 valence electrons. The van der Waals surface area contributed by atoms with Gasteiger partial charge in [-0.2, -0.15) is 0 Å². The van der Waals surface area contributed by atoms with Crippen LogP contribution in [0.15, 0.2) is 30.3 Å². The molecule has 1 rings (SSSR count). The summed E-state index contributed by atoms with van der Waals surface area (Å²) in [5.41, 5.74) is 2.92. The normalized spacial score (nSPS) is 12.5. The van der Waals surface area contributed by atoms with Gasteiger partial charge < -0.3 is 4.74 Å². The van der Waals surface area contributed by atoms with Crippen molar-refractivity contribution < 1.29 is 4.74 Å². The van der Waals surface area contributed by atoms with E-state index in [2.05, 4.69) is 71.0 Å². The molecule has 0 aliphatic rings. The van der Waals surface area contributed by atoms with Gasteiger partial charge in [0, 0.05) is 6.61 Å². The molecule has 0 spiro atoms. The first-order valence-corrected chi connectivity index (χ1v) is 7.78. The van der Waals surface area contributed by atoms with Gasteiger partial charge in [0.2, 0.25) is 0 Å². The molecule has 1 nitrogen and oxygen atoms in total. The summed E-state index contributed by atoms with van der Waals surface area (Å²) >= 11 is 0. The zero-order valence-corrected chi connectivity index (χ0v) is 13.8. The Bertz CT molecular complexity index is 410. The lowest BCUT2D eigenvalue weighted by molar-refractivity contribution is 0.0762. The van der Waals surface area contributed by atoms with Gasteiger partial charge in [-0.1, -0.05) is 57.2 Å². The summed E-state index contributed by atoms with van der Waals surface area (Å²) in [7, 11) is 0. The lowest BCUT2D eigenvalue weighted by atomic mass is 9.86. The van der Waals surface area contributed by atoms with Crippen LogP contribution in [0.1, 0.15) is 65.0 Å². The lowest BCUT2D eigenvalue weighted by Crippen LogP contribution is -2.10. The Balaban J connectivity index is 2.35. The van der Waals surface area contributed by atoms with Crippen molar-refractivity contribution in [2.75, 3.05) is 6.61 Å². The van der Waals surface area contributed by atoms with E-state index >= 15 is 0 Å². The average molecular weight is 274 g/mol. The van der Waals surface area contributed by atoms with Gasteiger partial charge in [0.05, 0.1) is 6.10 Å². The molecule has 0 aliphatic heterocycles. The van der Waals surface area contributed by atoms with E-state index in [1.54, 1.807) is 0 Å². The van der Waals surface area contributed by atoms with Gasteiger partial charge in [-0.15, -0.1) is 0 Å². The van der Waals surface area contributed by atoms with Crippen LogP contribution in [0.25, 0.3) is 6.08 Å². The Hall–Kier alpha value is -1.08. The number of unbranched alkanes of at least 4 members (excludes halogenated alkanes) is 2. The summed E-state index contributed by atoms with van der Waals surface area (Å²) in [5, 5.41) is 0. The average Bonchev–Trinajstić information content (AvgIpc) is 2.36. The third-order valence-electron chi connectivity index (χ3n) is 3.28. The van der Waals surface area contributed by atoms with Crippen molar-refractivity contribution in [2.24, 2.45) is 0 Å². The van der Waals surface area contributed by atoms with Gasteiger partial charge in [0.15, 0.2) is 0 Å². The molecule has 0 radical (unpaired) electrons. The van der Waals surface area contributed by atoms with Crippen LogP contribution in [0.5, 0.6) is 0 Å². The predicted octanol–water partition coefficient (Wildman–Crippen LogP) is 5.59. The molecule has 0 atom stereocenters. The molecule has 0 bridgehead atoms.